The third-order valence-corrected chi connectivity index (χ3v) is 4.64. The summed E-state index contributed by atoms with van der Waals surface area (Å²) in [6, 6.07) is 6.72. The Balaban J connectivity index is 1.80. The normalized spacial score (nSPS) is 27.1. The lowest BCUT2D eigenvalue weighted by Gasteiger charge is -2.13. The molecule has 2 heterocycles. The van der Waals surface area contributed by atoms with Gasteiger partial charge < -0.3 is 9.84 Å². The zero-order valence-corrected chi connectivity index (χ0v) is 13.1. The number of benzene rings is 1. The number of hydrogen-bond donors (Lipinski definition) is 1. The number of pyridine rings is 1. The van der Waals surface area contributed by atoms with Crippen molar-refractivity contribution in [2.75, 3.05) is 0 Å². The molecular formula is C17H9F6NO3. The molecule has 1 fully saturated rings. The summed E-state index contributed by atoms with van der Waals surface area (Å²) in [5.74, 6) is -0.686. The van der Waals surface area contributed by atoms with Crippen LogP contribution in [0.5, 0.6) is 0 Å². The van der Waals surface area contributed by atoms with E-state index in [0.29, 0.717) is 12.1 Å². The van der Waals surface area contributed by atoms with Crippen LogP contribution in [0.2, 0.25) is 0 Å². The number of carbonyl (C=O) groups excluding carboxylic acids is 1. The van der Waals surface area contributed by atoms with E-state index in [1.165, 1.54) is 18.2 Å². The number of ketones is 1. The van der Waals surface area contributed by atoms with Gasteiger partial charge in [-0.2, -0.15) is 26.3 Å². The number of aromatic nitrogens is 1. The molecule has 1 N–H and O–H groups in total. The number of epoxide rings is 1. The molecule has 1 aliphatic heterocycles. The number of aliphatic hydroxyl groups excluding tert-OH is 1. The number of Topliss-reactive ketones (excluding diaryl/α,β-unsaturated/α-hetero) is 1. The van der Waals surface area contributed by atoms with Crippen LogP contribution in [-0.4, -0.2) is 21.5 Å². The minimum absolute atomic E-state index is 0.119. The zero-order chi connectivity index (χ0) is 19.8. The topological polar surface area (TPSA) is 62.7 Å². The monoisotopic (exact) mass is 389 g/mol. The molecule has 10 heteroatoms. The smallest absolute Gasteiger partial charge is 0.385 e. The van der Waals surface area contributed by atoms with Crippen molar-refractivity contribution >= 4 is 5.78 Å². The summed E-state index contributed by atoms with van der Waals surface area (Å²) < 4.78 is 83.1. The Hall–Kier alpha value is -2.46. The lowest BCUT2D eigenvalue weighted by atomic mass is 9.93. The molecule has 142 valence electrons. The van der Waals surface area contributed by atoms with Crippen LogP contribution in [0.4, 0.5) is 26.3 Å². The van der Waals surface area contributed by atoms with E-state index in [1.807, 2.05) is 0 Å². The fourth-order valence-electron chi connectivity index (χ4n) is 3.36. The van der Waals surface area contributed by atoms with Crippen LogP contribution in [0.3, 0.4) is 0 Å². The maximum Gasteiger partial charge on any atom is 0.433 e. The van der Waals surface area contributed by atoms with Crippen molar-refractivity contribution in [2.45, 2.75) is 30.2 Å². The summed E-state index contributed by atoms with van der Waals surface area (Å²) in [5.41, 5.74) is -5.62. The van der Waals surface area contributed by atoms with Crippen molar-refractivity contribution < 1.29 is 41.0 Å². The number of alkyl halides is 6. The summed E-state index contributed by atoms with van der Waals surface area (Å²) in [6.07, 6.45) is -13.2. The first-order chi connectivity index (χ1) is 12.5. The first-order valence-electron chi connectivity index (χ1n) is 7.62. The summed E-state index contributed by atoms with van der Waals surface area (Å²) in [4.78, 5) is 15.2. The first-order valence-corrected chi connectivity index (χ1v) is 7.62. The molecular weight excluding hydrogens is 380 g/mol. The van der Waals surface area contributed by atoms with E-state index in [0.717, 1.165) is 0 Å². The summed E-state index contributed by atoms with van der Waals surface area (Å²) in [6.45, 7) is 0. The molecule has 1 aliphatic carbocycles. The van der Waals surface area contributed by atoms with Gasteiger partial charge in [0.15, 0.2) is 5.60 Å². The van der Waals surface area contributed by atoms with Crippen LogP contribution in [0, 0.1) is 0 Å². The van der Waals surface area contributed by atoms with E-state index in [4.69, 9.17) is 4.74 Å². The number of halogens is 6. The van der Waals surface area contributed by atoms with Gasteiger partial charge in [0.25, 0.3) is 0 Å². The minimum atomic E-state index is -5.13. The van der Waals surface area contributed by atoms with E-state index in [-0.39, 0.29) is 11.1 Å². The lowest BCUT2D eigenvalue weighted by molar-refractivity contribution is -0.150. The van der Waals surface area contributed by atoms with Gasteiger partial charge >= 0.3 is 12.4 Å². The Labute approximate surface area is 147 Å². The van der Waals surface area contributed by atoms with E-state index in [2.05, 4.69) is 4.98 Å². The maximum atomic E-state index is 13.0. The number of hydrogen-bond acceptors (Lipinski definition) is 4. The number of fused-ring (bicyclic) bond motifs is 1. The molecule has 2 aromatic rings. The van der Waals surface area contributed by atoms with Gasteiger partial charge in [-0.15, -0.1) is 0 Å². The molecule has 0 saturated carbocycles. The quantitative estimate of drug-likeness (QED) is 0.594. The van der Waals surface area contributed by atoms with Gasteiger partial charge in [0.2, 0.25) is 5.78 Å². The van der Waals surface area contributed by atoms with Crippen LogP contribution in [-0.2, 0) is 17.1 Å². The molecule has 4 nitrogen and oxygen atoms in total. The van der Waals surface area contributed by atoms with Crippen molar-refractivity contribution in [3.8, 4) is 0 Å². The SMILES string of the molecule is O=C1c2ccccc2C(O)C12OC2c1cc(C(F)(F)F)nc(C(F)(F)F)c1. The molecule has 1 aromatic heterocycles. The predicted octanol–water partition coefficient (Wildman–Crippen LogP) is 3.86. The first kappa shape index (κ1) is 17.9. The highest BCUT2D eigenvalue weighted by Gasteiger charge is 2.71. The van der Waals surface area contributed by atoms with Crippen LogP contribution in [0.25, 0.3) is 0 Å². The highest BCUT2D eigenvalue weighted by molar-refractivity contribution is 6.10. The van der Waals surface area contributed by atoms with E-state index in [9.17, 15) is 36.2 Å². The third kappa shape index (κ3) is 2.54. The molecule has 1 spiro atoms. The van der Waals surface area contributed by atoms with Crippen molar-refractivity contribution in [1.29, 1.82) is 0 Å². The zero-order valence-electron chi connectivity index (χ0n) is 13.1. The molecule has 1 saturated heterocycles. The number of ether oxygens (including phenoxy) is 1. The van der Waals surface area contributed by atoms with Gasteiger partial charge in [-0.3, -0.25) is 4.79 Å². The molecule has 3 unspecified atom stereocenters. The Bertz CT molecular complexity index is 922. The van der Waals surface area contributed by atoms with Crippen molar-refractivity contribution in [3.05, 3.63) is 64.5 Å². The molecule has 0 radical (unpaired) electrons. The van der Waals surface area contributed by atoms with Crippen LogP contribution < -0.4 is 0 Å². The van der Waals surface area contributed by atoms with Gasteiger partial charge in [-0.1, -0.05) is 24.3 Å². The molecule has 27 heavy (non-hydrogen) atoms. The predicted molar refractivity (Wildman–Crippen MR) is 76.5 cm³/mol. The second kappa shape index (κ2) is 5.29. The van der Waals surface area contributed by atoms with Crippen LogP contribution in [0.15, 0.2) is 36.4 Å². The second-order valence-corrected chi connectivity index (χ2v) is 6.28. The number of rotatable bonds is 1. The highest BCUT2D eigenvalue weighted by Crippen LogP contribution is 2.62. The molecule has 3 atom stereocenters. The van der Waals surface area contributed by atoms with Gasteiger partial charge in [0, 0.05) is 5.56 Å². The molecule has 0 bridgehead atoms. The lowest BCUT2D eigenvalue weighted by Crippen LogP contribution is -2.26. The van der Waals surface area contributed by atoms with Crippen molar-refractivity contribution in [3.63, 3.8) is 0 Å². The maximum absolute atomic E-state index is 13.0. The third-order valence-electron chi connectivity index (χ3n) is 4.64. The summed E-state index contributed by atoms with van der Waals surface area (Å²) >= 11 is 0. The molecule has 1 aromatic carbocycles. The summed E-state index contributed by atoms with van der Waals surface area (Å²) in [5, 5.41) is 10.4. The number of carbonyl (C=O) groups is 1. The van der Waals surface area contributed by atoms with Gasteiger partial charge in [-0.25, -0.2) is 4.98 Å². The van der Waals surface area contributed by atoms with Gasteiger partial charge in [-0.05, 0) is 23.3 Å². The Kier molecular flexibility index (Phi) is 3.51. The summed E-state index contributed by atoms with van der Waals surface area (Å²) in [7, 11) is 0. The fourth-order valence-corrected chi connectivity index (χ4v) is 3.36. The van der Waals surface area contributed by atoms with Gasteiger partial charge in [0.05, 0.1) is 0 Å². The average molecular weight is 389 g/mol. The Morgan fingerprint density at radius 2 is 1.56 bits per heavy atom. The number of nitrogens with zero attached hydrogens (tertiary/aromatic N) is 1. The van der Waals surface area contributed by atoms with Crippen LogP contribution >= 0.6 is 0 Å². The Morgan fingerprint density at radius 3 is 2.07 bits per heavy atom. The van der Waals surface area contributed by atoms with Gasteiger partial charge in [0.1, 0.15) is 23.6 Å². The molecule has 4 rings (SSSR count). The number of aliphatic hydroxyl groups is 1. The Morgan fingerprint density at radius 1 is 1.00 bits per heavy atom. The second-order valence-electron chi connectivity index (χ2n) is 6.28. The minimum Gasteiger partial charge on any atom is -0.385 e. The van der Waals surface area contributed by atoms with Crippen LogP contribution in [0.1, 0.15) is 45.1 Å². The fraction of sp³-hybridized carbons (Fsp3) is 0.294. The molecule has 0 amide bonds. The average Bonchev–Trinajstić information content (AvgIpc) is 3.31. The standard InChI is InChI=1S/C17H9F6NO3/c18-16(19,20)10-5-7(6-11(24-10)17(21,22)23)14-15(27-14)12(25)8-3-1-2-4-9(8)13(15)26/h1-6,12,14,25H. The molecule has 2 aliphatic rings. The van der Waals surface area contributed by atoms with E-state index in [1.54, 1.807) is 6.07 Å². The largest absolute Gasteiger partial charge is 0.433 e. The van der Waals surface area contributed by atoms with Crippen molar-refractivity contribution in [1.82, 2.24) is 4.98 Å². The van der Waals surface area contributed by atoms with E-state index < -0.39 is 52.9 Å². The van der Waals surface area contributed by atoms with E-state index >= 15 is 0 Å². The van der Waals surface area contributed by atoms with Crippen molar-refractivity contribution in [2.24, 2.45) is 0 Å². The highest BCUT2D eigenvalue weighted by atomic mass is 19.4.